The summed E-state index contributed by atoms with van der Waals surface area (Å²) >= 11 is 0. The van der Waals surface area contributed by atoms with Gasteiger partial charge in [0.25, 0.3) is 0 Å². The number of nitrogen functional groups attached to an aromatic ring is 3. The van der Waals surface area contributed by atoms with Crippen LogP contribution in [-0.2, 0) is 5.41 Å². The van der Waals surface area contributed by atoms with Crippen LogP contribution in [0.25, 0.3) is 0 Å². The average Bonchev–Trinajstić information content (AvgIpc) is 3.07. The van der Waals surface area contributed by atoms with Gasteiger partial charge in [-0.1, -0.05) is 36.4 Å². The largest absolute Gasteiger partial charge is 0.457 e. The van der Waals surface area contributed by atoms with Crippen molar-refractivity contribution in [2.75, 3.05) is 17.2 Å². The van der Waals surface area contributed by atoms with Crippen molar-refractivity contribution in [2.24, 2.45) is 0 Å². The molecule has 0 aliphatic heterocycles. The molecule has 0 saturated carbocycles. The van der Waals surface area contributed by atoms with Gasteiger partial charge >= 0.3 is 0 Å². The summed E-state index contributed by atoms with van der Waals surface area (Å²) in [5, 5.41) is 0. The maximum Gasteiger partial charge on any atom is 0.127 e. The van der Waals surface area contributed by atoms with E-state index in [2.05, 4.69) is 43.3 Å². The first-order valence-electron chi connectivity index (χ1n) is 15.5. The van der Waals surface area contributed by atoms with E-state index in [1.165, 1.54) is 0 Å². The molecule has 6 aromatic rings. The highest BCUT2D eigenvalue weighted by Gasteiger charge is 2.31. The van der Waals surface area contributed by atoms with E-state index in [0.29, 0.717) is 0 Å². The van der Waals surface area contributed by atoms with Crippen molar-refractivity contribution in [3.05, 3.63) is 161 Å². The molecule has 6 nitrogen and oxygen atoms in total. The van der Waals surface area contributed by atoms with Gasteiger partial charge in [-0.3, -0.25) is 0 Å². The predicted molar refractivity (Wildman–Crippen MR) is 192 cm³/mol. The zero-order valence-corrected chi connectivity index (χ0v) is 27.1. The van der Waals surface area contributed by atoms with Crippen molar-refractivity contribution in [1.29, 1.82) is 0 Å². The first kappa shape index (κ1) is 31.1. The summed E-state index contributed by atoms with van der Waals surface area (Å²) in [5.74, 6) is 4.45. The van der Waals surface area contributed by atoms with Gasteiger partial charge in [0.15, 0.2) is 0 Å². The van der Waals surface area contributed by atoms with Gasteiger partial charge in [-0.15, -0.1) is 0 Å². The van der Waals surface area contributed by atoms with Crippen LogP contribution in [0.1, 0.15) is 40.3 Å². The lowest BCUT2D eigenvalue weighted by Gasteiger charge is -2.32. The minimum Gasteiger partial charge on any atom is -0.457 e. The number of rotatable bonds is 9. The molecule has 0 heterocycles. The van der Waals surface area contributed by atoms with Gasteiger partial charge in [0, 0.05) is 22.5 Å². The Kier molecular flexibility index (Phi) is 8.51. The Bertz CT molecular complexity index is 1790. The standard InChI is InChI=1S/C41H39N3O3/c1-26-23-35(17-20-38(26)42)45-32-11-5-29(6-12-32)41(4,30-7-13-33(14-8-30)46-36-18-21-39(43)27(2)24-36)31-9-15-34(16-10-31)47-37-19-22-40(44)28(3)25-37/h5-25H,42-44H2,1-4H3. The van der Waals surface area contributed by atoms with E-state index in [1.54, 1.807) is 0 Å². The minimum absolute atomic E-state index is 0.511. The Morgan fingerprint density at radius 3 is 0.830 bits per heavy atom. The molecule has 236 valence electrons. The first-order valence-corrected chi connectivity index (χ1v) is 15.5. The molecule has 0 atom stereocenters. The maximum atomic E-state index is 6.17. The molecular formula is C41H39N3O3. The molecule has 6 rings (SSSR count). The number of aryl methyl sites for hydroxylation is 3. The van der Waals surface area contributed by atoms with Gasteiger partial charge in [0.2, 0.25) is 0 Å². The Morgan fingerprint density at radius 1 is 0.362 bits per heavy atom. The number of anilines is 3. The van der Waals surface area contributed by atoms with Gasteiger partial charge in [0.1, 0.15) is 34.5 Å². The van der Waals surface area contributed by atoms with Crippen molar-refractivity contribution < 1.29 is 14.2 Å². The number of hydrogen-bond donors (Lipinski definition) is 3. The SMILES string of the molecule is Cc1cc(Oc2ccc(C(C)(c3ccc(Oc4ccc(N)c(C)c4)cc3)c3ccc(Oc4ccc(N)c(C)c4)cc3)cc2)ccc1N. The summed E-state index contributed by atoms with van der Waals surface area (Å²) in [6, 6.07) is 41.7. The fourth-order valence-electron chi connectivity index (χ4n) is 5.61. The Balaban J connectivity index is 1.32. The van der Waals surface area contributed by atoms with Crippen LogP contribution in [0.3, 0.4) is 0 Å². The van der Waals surface area contributed by atoms with Crippen molar-refractivity contribution >= 4 is 17.1 Å². The molecule has 0 saturated heterocycles. The molecule has 6 heteroatoms. The van der Waals surface area contributed by atoms with Gasteiger partial charge in [-0.2, -0.15) is 0 Å². The van der Waals surface area contributed by atoms with Crippen LogP contribution in [0.5, 0.6) is 34.5 Å². The Labute approximate surface area is 276 Å². The van der Waals surface area contributed by atoms with Gasteiger partial charge in [0.05, 0.1) is 0 Å². The van der Waals surface area contributed by atoms with Crippen molar-refractivity contribution in [3.8, 4) is 34.5 Å². The summed E-state index contributed by atoms with van der Waals surface area (Å²) in [6.45, 7) is 8.13. The van der Waals surface area contributed by atoms with Gasteiger partial charge in [-0.25, -0.2) is 0 Å². The fraction of sp³-hybridized carbons (Fsp3) is 0.122. The number of benzene rings is 6. The molecule has 0 aromatic heterocycles. The smallest absolute Gasteiger partial charge is 0.127 e. The van der Waals surface area contributed by atoms with E-state index in [0.717, 1.165) is 84.9 Å². The summed E-state index contributed by atoms with van der Waals surface area (Å²) in [7, 11) is 0. The quantitative estimate of drug-likeness (QED) is 0.110. The molecule has 0 aliphatic carbocycles. The average molecular weight is 622 g/mol. The van der Waals surface area contributed by atoms with E-state index in [-0.39, 0.29) is 0 Å². The Hall–Kier alpha value is -5.88. The van der Waals surface area contributed by atoms with Crippen LogP contribution in [-0.4, -0.2) is 0 Å². The topological polar surface area (TPSA) is 106 Å². The lowest BCUT2D eigenvalue weighted by Crippen LogP contribution is -2.25. The number of hydrogen-bond acceptors (Lipinski definition) is 6. The van der Waals surface area contributed by atoms with E-state index >= 15 is 0 Å². The summed E-state index contributed by atoms with van der Waals surface area (Å²) in [5.41, 5.74) is 25.9. The maximum absolute atomic E-state index is 6.17. The third-order valence-electron chi connectivity index (χ3n) is 8.73. The molecule has 0 aliphatic rings. The lowest BCUT2D eigenvalue weighted by atomic mass is 9.71. The zero-order valence-electron chi connectivity index (χ0n) is 27.1. The third kappa shape index (κ3) is 6.72. The summed E-state index contributed by atoms with van der Waals surface area (Å²) < 4.78 is 18.5. The molecule has 0 unspecified atom stereocenters. The van der Waals surface area contributed by atoms with Crippen LogP contribution in [0.2, 0.25) is 0 Å². The second-order valence-corrected chi connectivity index (χ2v) is 12.1. The molecule has 0 radical (unpaired) electrons. The molecule has 6 N–H and O–H groups in total. The van der Waals surface area contributed by atoms with E-state index < -0.39 is 5.41 Å². The van der Waals surface area contributed by atoms with E-state index in [4.69, 9.17) is 31.4 Å². The minimum atomic E-state index is -0.511. The van der Waals surface area contributed by atoms with E-state index in [1.807, 2.05) is 112 Å². The highest BCUT2D eigenvalue weighted by atomic mass is 16.5. The van der Waals surface area contributed by atoms with Gasteiger partial charge < -0.3 is 31.4 Å². The molecule has 0 spiro atoms. The summed E-state index contributed by atoms with van der Waals surface area (Å²) in [4.78, 5) is 0. The van der Waals surface area contributed by atoms with Crippen LogP contribution in [0.4, 0.5) is 17.1 Å². The highest BCUT2D eigenvalue weighted by molar-refractivity contribution is 5.55. The van der Waals surface area contributed by atoms with E-state index in [9.17, 15) is 0 Å². The second-order valence-electron chi connectivity index (χ2n) is 12.1. The normalized spacial score (nSPS) is 11.2. The van der Waals surface area contributed by atoms with Crippen LogP contribution in [0.15, 0.2) is 127 Å². The van der Waals surface area contributed by atoms with Crippen molar-refractivity contribution in [1.82, 2.24) is 0 Å². The van der Waals surface area contributed by atoms with Crippen molar-refractivity contribution in [3.63, 3.8) is 0 Å². The molecular weight excluding hydrogens is 582 g/mol. The third-order valence-corrected chi connectivity index (χ3v) is 8.73. The zero-order chi connectivity index (χ0) is 33.1. The van der Waals surface area contributed by atoms with Crippen LogP contribution < -0.4 is 31.4 Å². The lowest BCUT2D eigenvalue weighted by molar-refractivity contribution is 0.481. The van der Waals surface area contributed by atoms with Gasteiger partial charge in [-0.05, 0) is 152 Å². The van der Waals surface area contributed by atoms with Crippen molar-refractivity contribution in [2.45, 2.75) is 33.1 Å². The monoisotopic (exact) mass is 621 g/mol. The highest BCUT2D eigenvalue weighted by Crippen LogP contribution is 2.41. The molecule has 6 aromatic carbocycles. The van der Waals surface area contributed by atoms with Crippen LogP contribution >= 0.6 is 0 Å². The predicted octanol–water partition coefficient (Wildman–Crippen LogP) is 10.1. The van der Waals surface area contributed by atoms with Crippen LogP contribution in [0, 0.1) is 20.8 Å². The first-order chi connectivity index (χ1) is 22.6. The molecule has 0 bridgehead atoms. The molecule has 0 fully saturated rings. The summed E-state index contributed by atoms with van der Waals surface area (Å²) in [6.07, 6.45) is 0. The molecule has 47 heavy (non-hydrogen) atoms. The number of nitrogens with two attached hydrogens (primary N) is 3. The fourth-order valence-corrected chi connectivity index (χ4v) is 5.61. The Morgan fingerprint density at radius 2 is 0.596 bits per heavy atom. The molecule has 0 amide bonds. The number of ether oxygens (including phenoxy) is 3. The second kappa shape index (κ2) is 12.9.